The van der Waals surface area contributed by atoms with E-state index in [2.05, 4.69) is 15.9 Å². The summed E-state index contributed by atoms with van der Waals surface area (Å²) in [6, 6.07) is 11.1. The summed E-state index contributed by atoms with van der Waals surface area (Å²) in [6.07, 6.45) is 0. The number of ether oxygens (including phenoxy) is 1. The van der Waals surface area contributed by atoms with Gasteiger partial charge in [-0.05, 0) is 48.2 Å². The van der Waals surface area contributed by atoms with Crippen LogP contribution < -0.4 is 4.74 Å². The van der Waals surface area contributed by atoms with Gasteiger partial charge in [0.15, 0.2) is 11.6 Å². The van der Waals surface area contributed by atoms with Crippen LogP contribution in [0.5, 0.6) is 5.75 Å². The van der Waals surface area contributed by atoms with Gasteiger partial charge in [0, 0.05) is 5.33 Å². The molecule has 0 aliphatic carbocycles. The highest BCUT2D eigenvalue weighted by Crippen LogP contribution is 2.22. The molecule has 0 aliphatic heterocycles. The normalized spacial score (nSPS) is 10.5. The summed E-state index contributed by atoms with van der Waals surface area (Å²) < 4.78 is 19.4. The first-order valence-corrected chi connectivity index (χ1v) is 7.26. The van der Waals surface area contributed by atoms with E-state index in [-0.39, 0.29) is 5.82 Å². The minimum atomic E-state index is -0.316. The minimum Gasteiger partial charge on any atom is -0.486 e. The van der Waals surface area contributed by atoms with Crippen molar-refractivity contribution in [2.45, 2.75) is 25.8 Å². The number of halogens is 2. The Morgan fingerprint density at radius 2 is 1.79 bits per heavy atom. The van der Waals surface area contributed by atoms with E-state index in [1.807, 2.05) is 38.1 Å². The molecule has 19 heavy (non-hydrogen) atoms. The van der Waals surface area contributed by atoms with Crippen LogP contribution in [0.4, 0.5) is 4.39 Å². The van der Waals surface area contributed by atoms with Crippen LogP contribution in [0.15, 0.2) is 36.4 Å². The summed E-state index contributed by atoms with van der Waals surface area (Å²) in [5.41, 5.74) is 4.35. The van der Waals surface area contributed by atoms with Crippen LogP contribution in [0.3, 0.4) is 0 Å². The molecule has 0 fully saturated rings. The molecule has 2 rings (SSSR count). The molecule has 3 heteroatoms. The average Bonchev–Trinajstić information content (AvgIpc) is 2.39. The van der Waals surface area contributed by atoms with Gasteiger partial charge in [0.25, 0.3) is 0 Å². The molecule has 0 bridgehead atoms. The maximum Gasteiger partial charge on any atom is 0.165 e. The first-order chi connectivity index (χ1) is 9.11. The van der Waals surface area contributed by atoms with Gasteiger partial charge >= 0.3 is 0 Å². The first-order valence-electron chi connectivity index (χ1n) is 6.14. The van der Waals surface area contributed by atoms with E-state index < -0.39 is 0 Å². The Balaban J connectivity index is 2.15. The SMILES string of the molecule is Cc1cccc(C)c1COc1ccc(CBr)cc1F. The molecule has 0 aromatic heterocycles. The Bertz CT molecular complexity index is 561. The van der Waals surface area contributed by atoms with Crippen LogP contribution in [-0.2, 0) is 11.9 Å². The molecule has 2 aromatic carbocycles. The monoisotopic (exact) mass is 322 g/mol. The number of hydrogen-bond donors (Lipinski definition) is 0. The van der Waals surface area contributed by atoms with Gasteiger partial charge in [-0.15, -0.1) is 0 Å². The zero-order chi connectivity index (χ0) is 13.8. The molecule has 0 N–H and O–H groups in total. The smallest absolute Gasteiger partial charge is 0.165 e. The Kier molecular flexibility index (Phi) is 4.59. The average molecular weight is 323 g/mol. The summed E-state index contributed by atoms with van der Waals surface area (Å²) >= 11 is 3.30. The molecular weight excluding hydrogens is 307 g/mol. The van der Waals surface area contributed by atoms with E-state index in [9.17, 15) is 4.39 Å². The topological polar surface area (TPSA) is 9.23 Å². The number of hydrogen-bond acceptors (Lipinski definition) is 1. The maximum absolute atomic E-state index is 13.8. The lowest BCUT2D eigenvalue weighted by Crippen LogP contribution is -2.02. The first kappa shape index (κ1) is 14.1. The second-order valence-corrected chi connectivity index (χ2v) is 5.12. The second-order valence-electron chi connectivity index (χ2n) is 4.56. The van der Waals surface area contributed by atoms with E-state index in [0.717, 1.165) is 22.3 Å². The van der Waals surface area contributed by atoms with Crippen LogP contribution in [0.2, 0.25) is 0 Å². The van der Waals surface area contributed by atoms with Crippen LogP contribution in [0.25, 0.3) is 0 Å². The highest BCUT2D eigenvalue weighted by molar-refractivity contribution is 9.08. The van der Waals surface area contributed by atoms with Crippen molar-refractivity contribution in [2.24, 2.45) is 0 Å². The Morgan fingerprint density at radius 3 is 2.37 bits per heavy atom. The summed E-state index contributed by atoms with van der Waals surface area (Å²) in [6.45, 7) is 4.47. The van der Waals surface area contributed by atoms with Crippen LogP contribution in [0, 0.1) is 19.7 Å². The van der Waals surface area contributed by atoms with Gasteiger partial charge in [0.2, 0.25) is 0 Å². The second kappa shape index (κ2) is 6.20. The molecule has 0 saturated carbocycles. The van der Waals surface area contributed by atoms with Gasteiger partial charge in [-0.3, -0.25) is 0 Å². The molecule has 0 unspecified atom stereocenters. The molecule has 0 heterocycles. The third-order valence-corrected chi connectivity index (χ3v) is 3.81. The highest BCUT2D eigenvalue weighted by atomic mass is 79.9. The van der Waals surface area contributed by atoms with Crippen molar-refractivity contribution in [1.29, 1.82) is 0 Å². The fourth-order valence-electron chi connectivity index (χ4n) is 1.97. The number of benzene rings is 2. The van der Waals surface area contributed by atoms with Crippen LogP contribution >= 0.6 is 15.9 Å². The maximum atomic E-state index is 13.8. The Labute approximate surface area is 121 Å². The van der Waals surface area contributed by atoms with E-state index in [0.29, 0.717) is 17.7 Å². The van der Waals surface area contributed by atoms with Crippen molar-refractivity contribution in [3.63, 3.8) is 0 Å². The summed E-state index contributed by atoms with van der Waals surface area (Å²) in [7, 11) is 0. The van der Waals surface area contributed by atoms with Crippen molar-refractivity contribution in [3.8, 4) is 5.75 Å². The molecule has 1 nitrogen and oxygen atoms in total. The van der Waals surface area contributed by atoms with E-state index in [1.165, 1.54) is 6.07 Å². The lowest BCUT2D eigenvalue weighted by atomic mass is 10.0. The molecule has 0 saturated heterocycles. The summed E-state index contributed by atoms with van der Waals surface area (Å²) in [5, 5.41) is 0.640. The van der Waals surface area contributed by atoms with Crippen molar-refractivity contribution in [3.05, 3.63) is 64.5 Å². The Hall–Kier alpha value is -1.35. The standard InChI is InChI=1S/C16H16BrFO/c1-11-4-3-5-12(2)14(11)10-19-16-7-6-13(9-17)8-15(16)18/h3-8H,9-10H2,1-2H3. The molecule has 0 radical (unpaired) electrons. The van der Waals surface area contributed by atoms with E-state index >= 15 is 0 Å². The molecule has 0 aliphatic rings. The van der Waals surface area contributed by atoms with E-state index in [4.69, 9.17) is 4.74 Å². The zero-order valence-electron chi connectivity index (χ0n) is 11.0. The van der Waals surface area contributed by atoms with Crippen molar-refractivity contribution in [2.75, 3.05) is 0 Å². The number of aryl methyl sites for hydroxylation is 2. The predicted molar refractivity (Wildman–Crippen MR) is 79.3 cm³/mol. The summed E-state index contributed by atoms with van der Waals surface area (Å²) in [5.74, 6) is -0.0180. The van der Waals surface area contributed by atoms with E-state index in [1.54, 1.807) is 6.07 Å². The highest BCUT2D eigenvalue weighted by Gasteiger charge is 2.07. The molecule has 100 valence electrons. The number of rotatable bonds is 4. The molecule has 0 atom stereocenters. The van der Waals surface area contributed by atoms with Gasteiger partial charge in [-0.25, -0.2) is 4.39 Å². The van der Waals surface area contributed by atoms with Gasteiger partial charge in [0.05, 0.1) is 0 Å². The third kappa shape index (κ3) is 3.35. The lowest BCUT2D eigenvalue weighted by molar-refractivity contribution is 0.289. The largest absolute Gasteiger partial charge is 0.486 e. The fraction of sp³-hybridized carbons (Fsp3) is 0.250. The molecule has 2 aromatic rings. The molecule has 0 spiro atoms. The minimum absolute atomic E-state index is 0.298. The third-order valence-electron chi connectivity index (χ3n) is 3.17. The number of alkyl halides is 1. The molecule has 0 amide bonds. The predicted octanol–water partition coefficient (Wildman–Crippen LogP) is 4.92. The molecular formula is C16H16BrFO. The van der Waals surface area contributed by atoms with Gasteiger partial charge < -0.3 is 4.74 Å². The van der Waals surface area contributed by atoms with Crippen LogP contribution in [0.1, 0.15) is 22.3 Å². The van der Waals surface area contributed by atoms with Crippen LogP contribution in [-0.4, -0.2) is 0 Å². The zero-order valence-corrected chi connectivity index (χ0v) is 12.6. The quantitative estimate of drug-likeness (QED) is 0.726. The fourth-order valence-corrected chi connectivity index (χ4v) is 2.32. The van der Waals surface area contributed by atoms with Gasteiger partial charge in [0.1, 0.15) is 6.61 Å². The van der Waals surface area contributed by atoms with Crippen molar-refractivity contribution >= 4 is 15.9 Å². The van der Waals surface area contributed by atoms with Gasteiger partial charge in [-0.1, -0.05) is 40.2 Å². The van der Waals surface area contributed by atoms with Gasteiger partial charge in [-0.2, -0.15) is 0 Å². The lowest BCUT2D eigenvalue weighted by Gasteiger charge is -2.12. The Morgan fingerprint density at radius 1 is 1.11 bits per heavy atom. The van der Waals surface area contributed by atoms with Crippen molar-refractivity contribution in [1.82, 2.24) is 0 Å². The summed E-state index contributed by atoms with van der Waals surface area (Å²) in [4.78, 5) is 0. The van der Waals surface area contributed by atoms with Crippen molar-refractivity contribution < 1.29 is 9.13 Å².